The van der Waals surface area contributed by atoms with Crippen LogP contribution in [0.4, 0.5) is 5.69 Å². The van der Waals surface area contributed by atoms with E-state index >= 15 is 0 Å². The molecule has 0 bridgehead atoms. The van der Waals surface area contributed by atoms with Crippen LogP contribution in [0.3, 0.4) is 0 Å². The Balaban J connectivity index is 1.73. The summed E-state index contributed by atoms with van der Waals surface area (Å²) in [6, 6.07) is 15.3. The van der Waals surface area contributed by atoms with E-state index in [0.29, 0.717) is 5.65 Å². The normalized spacial score (nSPS) is 11.3. The lowest BCUT2D eigenvalue weighted by Crippen LogP contribution is -2.07. The van der Waals surface area contributed by atoms with Crippen molar-refractivity contribution in [2.75, 3.05) is 5.32 Å². The molecule has 0 aliphatic rings. The van der Waals surface area contributed by atoms with Crippen LogP contribution in [0.5, 0.6) is 0 Å². The Morgan fingerprint density at radius 1 is 1.15 bits per heavy atom. The first kappa shape index (κ1) is 16.2. The Morgan fingerprint density at radius 3 is 2.88 bits per heavy atom. The molecule has 3 heterocycles. The fraction of sp³-hybridized carbons (Fsp3) is 0.0526. The highest BCUT2D eigenvalue weighted by Gasteiger charge is 2.11. The summed E-state index contributed by atoms with van der Waals surface area (Å²) in [6.45, 7) is 1.81. The number of amides is 1. The molecule has 1 N–H and O–H groups in total. The third-order valence-corrected chi connectivity index (χ3v) is 4.61. The minimum atomic E-state index is -0.160. The van der Waals surface area contributed by atoms with E-state index in [1.165, 1.54) is 6.08 Å². The Labute approximate surface area is 153 Å². The summed E-state index contributed by atoms with van der Waals surface area (Å²) in [5, 5.41) is 17.9. The van der Waals surface area contributed by atoms with E-state index in [0.717, 1.165) is 27.6 Å². The van der Waals surface area contributed by atoms with E-state index in [-0.39, 0.29) is 5.91 Å². The van der Waals surface area contributed by atoms with Gasteiger partial charge in [0.15, 0.2) is 11.5 Å². The number of carbonyl (C=O) groups excluding carboxylic acids is 1. The molecule has 0 radical (unpaired) electrons. The standard InChI is InChI=1S/C19H15N5OS/c1-2-5-18(25)20-14-7-3-6-13(12-14)15-9-10-17-21-22-19(24(17)23-15)16-8-4-11-26-16/h2-12H,1H3,(H,20,25)/b5-2+. The van der Waals surface area contributed by atoms with Crippen LogP contribution in [0.2, 0.25) is 0 Å². The number of carbonyl (C=O) groups is 1. The van der Waals surface area contributed by atoms with Crippen molar-refractivity contribution in [1.29, 1.82) is 0 Å². The second kappa shape index (κ2) is 6.89. The highest BCUT2D eigenvalue weighted by molar-refractivity contribution is 7.13. The maximum absolute atomic E-state index is 11.7. The van der Waals surface area contributed by atoms with Crippen LogP contribution in [-0.4, -0.2) is 25.7 Å². The third-order valence-electron chi connectivity index (χ3n) is 3.75. The Morgan fingerprint density at radius 2 is 2.08 bits per heavy atom. The highest BCUT2D eigenvalue weighted by Crippen LogP contribution is 2.25. The first-order valence-electron chi connectivity index (χ1n) is 8.05. The van der Waals surface area contributed by atoms with Gasteiger partial charge in [0, 0.05) is 11.3 Å². The number of nitrogens with one attached hydrogen (secondary N) is 1. The van der Waals surface area contributed by atoms with E-state index in [1.807, 2.05) is 53.9 Å². The number of benzene rings is 1. The molecule has 4 aromatic rings. The number of allylic oxidation sites excluding steroid dienone is 1. The van der Waals surface area contributed by atoms with Gasteiger partial charge in [-0.3, -0.25) is 4.79 Å². The number of rotatable bonds is 4. The molecule has 3 aromatic heterocycles. The van der Waals surface area contributed by atoms with Crippen molar-refractivity contribution in [3.63, 3.8) is 0 Å². The maximum atomic E-state index is 11.7. The van der Waals surface area contributed by atoms with Crippen LogP contribution in [0, 0.1) is 0 Å². The summed E-state index contributed by atoms with van der Waals surface area (Å²) in [5.74, 6) is 0.557. The first-order valence-corrected chi connectivity index (χ1v) is 8.93. The van der Waals surface area contributed by atoms with Gasteiger partial charge in [0.05, 0.1) is 10.6 Å². The van der Waals surface area contributed by atoms with Crippen molar-refractivity contribution in [3.8, 4) is 22.0 Å². The summed E-state index contributed by atoms with van der Waals surface area (Å²) in [6.07, 6.45) is 3.19. The predicted molar refractivity (Wildman–Crippen MR) is 103 cm³/mol. The molecule has 1 amide bonds. The number of fused-ring (bicyclic) bond motifs is 1. The first-order chi connectivity index (χ1) is 12.7. The van der Waals surface area contributed by atoms with Gasteiger partial charge in [-0.15, -0.1) is 21.5 Å². The largest absolute Gasteiger partial charge is 0.323 e. The van der Waals surface area contributed by atoms with Crippen molar-refractivity contribution in [2.45, 2.75) is 6.92 Å². The van der Waals surface area contributed by atoms with E-state index in [2.05, 4.69) is 20.6 Å². The molecule has 128 valence electrons. The van der Waals surface area contributed by atoms with Crippen LogP contribution in [0.25, 0.3) is 27.6 Å². The summed E-state index contributed by atoms with van der Waals surface area (Å²) >= 11 is 1.59. The molecular formula is C19H15N5OS. The van der Waals surface area contributed by atoms with Crippen molar-refractivity contribution in [1.82, 2.24) is 19.8 Å². The molecule has 1 aromatic carbocycles. The molecule has 6 nitrogen and oxygen atoms in total. The predicted octanol–water partition coefficient (Wildman–Crippen LogP) is 4.03. The Kier molecular flexibility index (Phi) is 4.28. The SMILES string of the molecule is C/C=C/C(=O)Nc1cccc(-c2ccc3nnc(-c4cccs4)n3n2)c1. The second-order valence-corrected chi connectivity index (χ2v) is 6.51. The second-order valence-electron chi connectivity index (χ2n) is 5.56. The van der Waals surface area contributed by atoms with Gasteiger partial charge in [0.1, 0.15) is 0 Å². The van der Waals surface area contributed by atoms with Crippen LogP contribution in [-0.2, 0) is 4.79 Å². The zero-order chi connectivity index (χ0) is 17.9. The van der Waals surface area contributed by atoms with Crippen LogP contribution < -0.4 is 5.32 Å². The number of nitrogens with zero attached hydrogens (tertiary/aromatic N) is 4. The number of hydrogen-bond donors (Lipinski definition) is 1. The van der Waals surface area contributed by atoms with Crippen molar-refractivity contribution >= 4 is 28.6 Å². The summed E-state index contributed by atoms with van der Waals surface area (Å²) in [5.41, 5.74) is 3.08. The van der Waals surface area contributed by atoms with Gasteiger partial charge < -0.3 is 5.32 Å². The summed E-state index contributed by atoms with van der Waals surface area (Å²) in [4.78, 5) is 12.8. The van der Waals surface area contributed by atoms with Crippen LogP contribution in [0.1, 0.15) is 6.92 Å². The van der Waals surface area contributed by atoms with Crippen LogP contribution >= 0.6 is 11.3 Å². The van der Waals surface area contributed by atoms with Gasteiger partial charge in [-0.05, 0) is 48.7 Å². The van der Waals surface area contributed by atoms with Crippen molar-refractivity contribution in [3.05, 3.63) is 66.1 Å². The number of hydrogen-bond acceptors (Lipinski definition) is 5. The minimum absolute atomic E-state index is 0.160. The number of anilines is 1. The smallest absolute Gasteiger partial charge is 0.248 e. The average Bonchev–Trinajstić information content (AvgIpc) is 3.31. The van der Waals surface area contributed by atoms with E-state index in [1.54, 1.807) is 28.9 Å². The lowest BCUT2D eigenvalue weighted by atomic mass is 10.1. The quantitative estimate of drug-likeness (QED) is 0.557. The zero-order valence-electron chi connectivity index (χ0n) is 14.0. The fourth-order valence-electron chi connectivity index (χ4n) is 2.59. The van der Waals surface area contributed by atoms with Crippen LogP contribution in [0.15, 0.2) is 66.1 Å². The summed E-state index contributed by atoms with van der Waals surface area (Å²) < 4.78 is 1.74. The molecule has 0 aliphatic carbocycles. The molecule has 0 spiro atoms. The van der Waals surface area contributed by atoms with Crippen molar-refractivity contribution in [2.24, 2.45) is 0 Å². The van der Waals surface area contributed by atoms with Gasteiger partial charge in [0.2, 0.25) is 5.91 Å². The van der Waals surface area contributed by atoms with Gasteiger partial charge in [-0.25, -0.2) is 0 Å². The molecule has 0 saturated carbocycles. The lowest BCUT2D eigenvalue weighted by Gasteiger charge is -2.06. The molecule has 26 heavy (non-hydrogen) atoms. The third kappa shape index (κ3) is 3.12. The van der Waals surface area contributed by atoms with E-state index in [9.17, 15) is 4.79 Å². The topological polar surface area (TPSA) is 72.2 Å². The molecule has 7 heteroatoms. The van der Waals surface area contributed by atoms with Gasteiger partial charge >= 0.3 is 0 Å². The molecular weight excluding hydrogens is 346 g/mol. The Hall–Kier alpha value is -3.32. The monoisotopic (exact) mass is 361 g/mol. The molecule has 0 unspecified atom stereocenters. The van der Waals surface area contributed by atoms with Gasteiger partial charge in [-0.2, -0.15) is 9.61 Å². The van der Waals surface area contributed by atoms with E-state index in [4.69, 9.17) is 0 Å². The zero-order valence-corrected chi connectivity index (χ0v) is 14.8. The molecule has 0 fully saturated rings. The van der Waals surface area contributed by atoms with Gasteiger partial charge in [0.25, 0.3) is 0 Å². The minimum Gasteiger partial charge on any atom is -0.323 e. The number of aromatic nitrogens is 4. The lowest BCUT2D eigenvalue weighted by molar-refractivity contribution is -0.111. The highest BCUT2D eigenvalue weighted by atomic mass is 32.1. The fourth-order valence-corrected chi connectivity index (χ4v) is 3.29. The Bertz CT molecular complexity index is 1100. The molecule has 0 atom stereocenters. The molecule has 4 rings (SSSR count). The summed E-state index contributed by atoms with van der Waals surface area (Å²) in [7, 11) is 0. The van der Waals surface area contributed by atoms with E-state index < -0.39 is 0 Å². The van der Waals surface area contributed by atoms with Crippen molar-refractivity contribution < 1.29 is 4.79 Å². The maximum Gasteiger partial charge on any atom is 0.248 e. The average molecular weight is 361 g/mol. The molecule has 0 aliphatic heterocycles. The van der Waals surface area contributed by atoms with Gasteiger partial charge in [-0.1, -0.05) is 24.3 Å². The number of thiophene rings is 1. The molecule has 0 saturated heterocycles.